The number of aryl methyl sites for hydroxylation is 1. The number of nitrogens with zero attached hydrogens (tertiary/aromatic N) is 1. The molecule has 2 rings (SSSR count). The van der Waals surface area contributed by atoms with Gasteiger partial charge in [0, 0.05) is 12.8 Å². The first-order valence-electron chi connectivity index (χ1n) is 7.39. The second kappa shape index (κ2) is 5.92. The van der Waals surface area contributed by atoms with Crippen molar-refractivity contribution >= 4 is 11.6 Å². The number of hydrogen-bond acceptors (Lipinski definition) is 4. The highest BCUT2D eigenvalue weighted by atomic mass is 16.5. The molecule has 0 saturated heterocycles. The van der Waals surface area contributed by atoms with E-state index < -0.39 is 5.60 Å². The first-order valence-corrected chi connectivity index (χ1v) is 7.39. The summed E-state index contributed by atoms with van der Waals surface area (Å²) < 4.78 is 5.90. The van der Waals surface area contributed by atoms with Crippen molar-refractivity contribution in [3.8, 4) is 0 Å². The predicted octanol–water partition coefficient (Wildman–Crippen LogP) is 3.14. The first-order chi connectivity index (χ1) is 9.48. The maximum Gasteiger partial charge on any atom is 0.198 e. The first kappa shape index (κ1) is 15.0. The molecule has 4 nitrogen and oxygen atoms in total. The van der Waals surface area contributed by atoms with Gasteiger partial charge in [-0.1, -0.05) is 6.92 Å². The fourth-order valence-electron chi connectivity index (χ4n) is 2.95. The fraction of sp³-hybridized carbons (Fsp3) is 0.625. The van der Waals surface area contributed by atoms with Gasteiger partial charge in [0.15, 0.2) is 5.78 Å². The van der Waals surface area contributed by atoms with Crippen LogP contribution in [0.1, 0.15) is 55.5 Å². The van der Waals surface area contributed by atoms with Crippen LogP contribution in [0.3, 0.4) is 0 Å². The Balaban J connectivity index is 2.34. The second-order valence-electron chi connectivity index (χ2n) is 5.88. The summed E-state index contributed by atoms with van der Waals surface area (Å²) in [7, 11) is 0. The third kappa shape index (κ3) is 2.85. The number of Topliss-reactive ketones (excluding diaryl/α,β-unsaturated/α-hetero) is 1. The topological polar surface area (TPSA) is 65.2 Å². The molecule has 1 heterocycles. The van der Waals surface area contributed by atoms with Crippen LogP contribution in [0.4, 0.5) is 5.82 Å². The molecule has 1 saturated carbocycles. The van der Waals surface area contributed by atoms with Gasteiger partial charge in [0.25, 0.3) is 0 Å². The Morgan fingerprint density at radius 1 is 1.50 bits per heavy atom. The third-order valence-corrected chi connectivity index (χ3v) is 4.22. The molecule has 0 amide bonds. The Kier molecular flexibility index (Phi) is 4.43. The molecule has 2 N–H and O–H groups in total. The number of aromatic nitrogens is 1. The molecule has 20 heavy (non-hydrogen) atoms. The molecule has 0 aliphatic heterocycles. The van der Waals surface area contributed by atoms with E-state index >= 15 is 0 Å². The van der Waals surface area contributed by atoms with Crippen LogP contribution < -0.4 is 5.73 Å². The molecule has 1 aliphatic rings. The van der Waals surface area contributed by atoms with Crippen molar-refractivity contribution in [3.63, 3.8) is 0 Å². The van der Waals surface area contributed by atoms with Crippen LogP contribution in [0.15, 0.2) is 12.3 Å². The molecule has 1 aromatic heterocycles. The minimum atomic E-state index is -0.704. The summed E-state index contributed by atoms with van der Waals surface area (Å²) in [5.74, 6) is 0.961. The zero-order valence-corrected chi connectivity index (χ0v) is 12.6. The zero-order chi connectivity index (χ0) is 14.8. The summed E-state index contributed by atoms with van der Waals surface area (Å²) in [4.78, 5) is 17.0. The van der Waals surface area contributed by atoms with E-state index in [0.29, 0.717) is 23.9 Å². The van der Waals surface area contributed by atoms with E-state index in [-0.39, 0.29) is 5.78 Å². The Morgan fingerprint density at radius 2 is 2.15 bits per heavy atom. The van der Waals surface area contributed by atoms with Gasteiger partial charge in [-0.3, -0.25) is 4.79 Å². The van der Waals surface area contributed by atoms with Crippen LogP contribution in [0.5, 0.6) is 0 Å². The SMILES string of the molecule is CCOC1(C(=O)c2cc(C)cnc2N)CCC(C)CC1. The molecule has 0 unspecified atom stereocenters. The number of hydrogen-bond donors (Lipinski definition) is 1. The molecule has 0 atom stereocenters. The van der Waals surface area contributed by atoms with Crippen molar-refractivity contribution in [2.24, 2.45) is 5.92 Å². The average molecular weight is 276 g/mol. The van der Waals surface area contributed by atoms with Crippen molar-refractivity contribution in [2.45, 2.75) is 52.1 Å². The van der Waals surface area contributed by atoms with Crippen LogP contribution in [0.25, 0.3) is 0 Å². The summed E-state index contributed by atoms with van der Waals surface area (Å²) in [6.45, 7) is 6.62. The van der Waals surface area contributed by atoms with Crippen molar-refractivity contribution < 1.29 is 9.53 Å². The molecule has 0 bridgehead atoms. The number of pyridine rings is 1. The number of nitrogen functional groups attached to an aromatic ring is 1. The molecule has 4 heteroatoms. The predicted molar refractivity (Wildman–Crippen MR) is 79.7 cm³/mol. The van der Waals surface area contributed by atoms with E-state index in [1.165, 1.54) is 0 Å². The summed E-state index contributed by atoms with van der Waals surface area (Å²) in [6, 6.07) is 1.82. The van der Waals surface area contributed by atoms with Gasteiger partial charge >= 0.3 is 0 Å². The molecular formula is C16H24N2O2. The number of nitrogens with two attached hydrogens (primary N) is 1. The minimum Gasteiger partial charge on any atom is -0.383 e. The summed E-state index contributed by atoms with van der Waals surface area (Å²) >= 11 is 0. The molecule has 1 fully saturated rings. The largest absolute Gasteiger partial charge is 0.383 e. The van der Waals surface area contributed by atoms with E-state index in [4.69, 9.17) is 10.5 Å². The maximum atomic E-state index is 12.9. The van der Waals surface area contributed by atoms with Crippen molar-refractivity contribution in [1.82, 2.24) is 4.98 Å². The molecule has 0 radical (unpaired) electrons. The lowest BCUT2D eigenvalue weighted by Crippen LogP contribution is -2.45. The Morgan fingerprint density at radius 3 is 2.75 bits per heavy atom. The number of carbonyl (C=O) groups is 1. The Hall–Kier alpha value is -1.42. The lowest BCUT2D eigenvalue weighted by Gasteiger charge is -2.38. The smallest absolute Gasteiger partial charge is 0.198 e. The van der Waals surface area contributed by atoms with E-state index in [1.54, 1.807) is 6.20 Å². The highest BCUT2D eigenvalue weighted by Crippen LogP contribution is 2.38. The summed E-state index contributed by atoms with van der Waals surface area (Å²) in [5.41, 5.74) is 6.64. The number of anilines is 1. The van der Waals surface area contributed by atoms with Gasteiger partial charge in [-0.25, -0.2) is 4.98 Å². The maximum absolute atomic E-state index is 12.9. The zero-order valence-electron chi connectivity index (χ0n) is 12.6. The lowest BCUT2D eigenvalue weighted by atomic mass is 9.75. The van der Waals surface area contributed by atoms with Gasteiger partial charge in [0.05, 0.1) is 5.56 Å². The van der Waals surface area contributed by atoms with Crippen LogP contribution in [0, 0.1) is 12.8 Å². The number of ether oxygens (including phenoxy) is 1. The molecule has 1 aromatic rings. The van der Waals surface area contributed by atoms with Crippen molar-refractivity contribution in [1.29, 1.82) is 0 Å². The van der Waals surface area contributed by atoms with Gasteiger partial charge in [0.2, 0.25) is 0 Å². The summed E-state index contributed by atoms with van der Waals surface area (Å²) in [5, 5.41) is 0. The Labute approximate surface area is 120 Å². The molecule has 0 spiro atoms. The Bertz CT molecular complexity index is 491. The van der Waals surface area contributed by atoms with Crippen LogP contribution in [0.2, 0.25) is 0 Å². The van der Waals surface area contributed by atoms with E-state index in [9.17, 15) is 4.79 Å². The average Bonchev–Trinajstić information content (AvgIpc) is 2.44. The summed E-state index contributed by atoms with van der Waals surface area (Å²) in [6.07, 6.45) is 5.26. The minimum absolute atomic E-state index is 0.0000463. The number of ketones is 1. The molecular weight excluding hydrogens is 252 g/mol. The fourth-order valence-corrected chi connectivity index (χ4v) is 2.95. The van der Waals surface area contributed by atoms with E-state index in [2.05, 4.69) is 11.9 Å². The van der Waals surface area contributed by atoms with Gasteiger partial charge in [0.1, 0.15) is 11.4 Å². The standard InChI is InChI=1S/C16H24N2O2/c1-4-20-16(7-5-11(2)6-8-16)14(19)13-9-12(3)10-18-15(13)17/h9-11H,4-8H2,1-3H3,(H2,17,18). The van der Waals surface area contributed by atoms with Crippen LogP contribution in [-0.4, -0.2) is 23.0 Å². The highest BCUT2D eigenvalue weighted by molar-refractivity contribution is 6.05. The van der Waals surface area contributed by atoms with Crippen LogP contribution in [-0.2, 0) is 4.74 Å². The number of rotatable bonds is 4. The van der Waals surface area contributed by atoms with Crippen molar-refractivity contribution in [3.05, 3.63) is 23.4 Å². The normalized spacial score (nSPS) is 26.4. The lowest BCUT2D eigenvalue weighted by molar-refractivity contribution is -0.0473. The van der Waals surface area contributed by atoms with Crippen molar-refractivity contribution in [2.75, 3.05) is 12.3 Å². The van der Waals surface area contributed by atoms with Gasteiger partial charge in [-0.15, -0.1) is 0 Å². The van der Waals surface area contributed by atoms with Gasteiger partial charge in [-0.2, -0.15) is 0 Å². The third-order valence-electron chi connectivity index (χ3n) is 4.22. The van der Waals surface area contributed by atoms with E-state index in [0.717, 1.165) is 31.2 Å². The monoisotopic (exact) mass is 276 g/mol. The van der Waals surface area contributed by atoms with Gasteiger partial charge in [-0.05, 0) is 57.1 Å². The molecule has 110 valence electrons. The second-order valence-corrected chi connectivity index (χ2v) is 5.88. The molecule has 0 aromatic carbocycles. The highest BCUT2D eigenvalue weighted by Gasteiger charge is 2.42. The van der Waals surface area contributed by atoms with Gasteiger partial charge < -0.3 is 10.5 Å². The number of carbonyl (C=O) groups excluding carboxylic acids is 1. The van der Waals surface area contributed by atoms with Crippen LogP contribution >= 0.6 is 0 Å². The molecule has 1 aliphatic carbocycles. The van der Waals surface area contributed by atoms with E-state index in [1.807, 2.05) is 19.9 Å². The quantitative estimate of drug-likeness (QED) is 0.858.